The van der Waals surface area contributed by atoms with E-state index < -0.39 is 22.0 Å². The smallest absolute Gasteiger partial charge is 0.338 e. The van der Waals surface area contributed by atoms with E-state index in [4.69, 9.17) is 9.47 Å². The highest BCUT2D eigenvalue weighted by Crippen LogP contribution is 2.23. The molecule has 0 unspecified atom stereocenters. The lowest BCUT2D eigenvalue weighted by Crippen LogP contribution is -2.17. The summed E-state index contributed by atoms with van der Waals surface area (Å²) >= 11 is 1.05. The van der Waals surface area contributed by atoms with Gasteiger partial charge in [0.05, 0.1) is 29.0 Å². The van der Waals surface area contributed by atoms with Crippen LogP contribution in [0.3, 0.4) is 0 Å². The second kappa shape index (κ2) is 8.53. The van der Waals surface area contributed by atoms with Crippen molar-refractivity contribution in [2.75, 3.05) is 4.72 Å². The normalized spacial score (nSPS) is 11.5. The van der Waals surface area contributed by atoms with E-state index in [1.165, 1.54) is 24.3 Å². The van der Waals surface area contributed by atoms with E-state index in [1.54, 1.807) is 39.1 Å². The lowest BCUT2D eigenvalue weighted by molar-refractivity contribution is 0.0377. The molecule has 0 saturated heterocycles. The van der Waals surface area contributed by atoms with E-state index in [-0.39, 0.29) is 33.2 Å². The number of nitrogens with one attached hydrogen (secondary N) is 1. The second-order valence-electron chi connectivity index (χ2n) is 6.24. The van der Waals surface area contributed by atoms with Crippen molar-refractivity contribution in [2.24, 2.45) is 0 Å². The maximum atomic E-state index is 12.4. The summed E-state index contributed by atoms with van der Waals surface area (Å²) < 4.78 is 37.7. The molecule has 0 aliphatic carbocycles. The van der Waals surface area contributed by atoms with Gasteiger partial charge in [0.25, 0.3) is 10.0 Å². The Morgan fingerprint density at radius 1 is 0.963 bits per heavy atom. The molecule has 7 nitrogen and oxygen atoms in total. The molecule has 0 aliphatic rings. The highest BCUT2D eigenvalue weighted by atomic mass is 32.2. The summed E-state index contributed by atoms with van der Waals surface area (Å²) in [7, 11) is -3.84. The van der Waals surface area contributed by atoms with Crippen molar-refractivity contribution in [3.05, 3.63) is 46.8 Å². The van der Waals surface area contributed by atoms with Crippen LogP contribution in [-0.4, -0.2) is 32.6 Å². The minimum Gasteiger partial charge on any atom is -0.459 e. The number of hydrogen-bond acceptors (Lipinski definition) is 7. The van der Waals surface area contributed by atoms with Crippen LogP contribution in [0, 0.1) is 0 Å². The van der Waals surface area contributed by atoms with Crippen LogP contribution in [0.1, 0.15) is 48.4 Å². The van der Waals surface area contributed by atoms with E-state index in [0.717, 1.165) is 11.3 Å². The fourth-order valence-corrected chi connectivity index (χ4v) is 4.14. The average molecular weight is 412 g/mol. The molecule has 0 bridgehead atoms. The fourth-order valence-electron chi connectivity index (χ4n) is 2.11. The summed E-state index contributed by atoms with van der Waals surface area (Å²) in [6.45, 7) is 6.76. The van der Waals surface area contributed by atoms with Crippen LogP contribution in [0.4, 0.5) is 5.69 Å². The number of thiophene rings is 1. The lowest BCUT2D eigenvalue weighted by atomic mass is 10.1. The molecule has 0 amide bonds. The first-order valence-electron chi connectivity index (χ1n) is 8.22. The number of anilines is 1. The molecule has 0 saturated carbocycles. The molecule has 2 aromatic rings. The zero-order chi connectivity index (χ0) is 20.2. The molecule has 0 radical (unpaired) electrons. The molecule has 0 atom stereocenters. The van der Waals surface area contributed by atoms with Crippen molar-refractivity contribution in [3.8, 4) is 0 Å². The van der Waals surface area contributed by atoms with Crippen LogP contribution >= 0.6 is 11.3 Å². The predicted octanol–water partition coefficient (Wildman–Crippen LogP) is 3.68. The summed E-state index contributed by atoms with van der Waals surface area (Å²) in [5, 5.41) is 1.64. The first-order chi connectivity index (χ1) is 12.6. The zero-order valence-corrected chi connectivity index (χ0v) is 17.0. The van der Waals surface area contributed by atoms with E-state index in [1.807, 2.05) is 0 Å². The summed E-state index contributed by atoms with van der Waals surface area (Å²) in [6, 6.07) is 7.03. The van der Waals surface area contributed by atoms with Crippen LogP contribution in [0.25, 0.3) is 0 Å². The van der Waals surface area contributed by atoms with Gasteiger partial charge < -0.3 is 9.47 Å². The Morgan fingerprint density at radius 2 is 1.48 bits per heavy atom. The van der Waals surface area contributed by atoms with Crippen LogP contribution in [0.15, 0.2) is 39.9 Å². The quantitative estimate of drug-likeness (QED) is 0.698. The predicted molar refractivity (Wildman–Crippen MR) is 103 cm³/mol. The van der Waals surface area contributed by atoms with Gasteiger partial charge >= 0.3 is 11.9 Å². The number of benzene rings is 1. The SMILES string of the molecule is CC(C)OC(=O)c1cc(NS(=O)(=O)c2cccs2)cc(C(=O)OC(C)C)c1. The zero-order valence-electron chi connectivity index (χ0n) is 15.4. The number of hydrogen-bond donors (Lipinski definition) is 1. The third-order valence-corrected chi connectivity index (χ3v) is 5.88. The molecule has 146 valence electrons. The number of sulfonamides is 1. The van der Waals surface area contributed by atoms with Gasteiger partial charge in [-0.15, -0.1) is 11.3 Å². The number of rotatable bonds is 7. The van der Waals surface area contributed by atoms with Gasteiger partial charge in [-0.05, 0) is 57.3 Å². The van der Waals surface area contributed by atoms with E-state index in [9.17, 15) is 18.0 Å². The molecule has 1 aromatic carbocycles. The van der Waals surface area contributed by atoms with Crippen molar-refractivity contribution < 1.29 is 27.5 Å². The van der Waals surface area contributed by atoms with Gasteiger partial charge in [-0.25, -0.2) is 18.0 Å². The first kappa shape index (κ1) is 20.9. The van der Waals surface area contributed by atoms with Crippen molar-refractivity contribution in [3.63, 3.8) is 0 Å². The highest BCUT2D eigenvalue weighted by molar-refractivity contribution is 7.94. The Morgan fingerprint density at radius 3 is 1.89 bits per heavy atom. The number of esters is 2. The largest absolute Gasteiger partial charge is 0.459 e. The Bertz CT molecular complexity index is 877. The molecule has 2 rings (SSSR count). The maximum absolute atomic E-state index is 12.4. The number of ether oxygens (including phenoxy) is 2. The molecule has 0 spiro atoms. The van der Waals surface area contributed by atoms with Gasteiger partial charge in [0.1, 0.15) is 4.21 Å². The van der Waals surface area contributed by atoms with Gasteiger partial charge in [-0.3, -0.25) is 4.72 Å². The molecule has 1 heterocycles. The molecule has 0 fully saturated rings. The van der Waals surface area contributed by atoms with E-state index in [2.05, 4.69) is 4.72 Å². The minimum absolute atomic E-state index is 0.0470. The fraction of sp³-hybridized carbons (Fsp3) is 0.333. The van der Waals surface area contributed by atoms with Crippen molar-refractivity contribution >= 4 is 39.0 Å². The Balaban J connectivity index is 2.43. The molecule has 1 N–H and O–H groups in total. The topological polar surface area (TPSA) is 98.8 Å². The molecule has 0 aliphatic heterocycles. The van der Waals surface area contributed by atoms with Gasteiger partial charge in [0.15, 0.2) is 0 Å². The van der Waals surface area contributed by atoms with Crippen LogP contribution in [0.5, 0.6) is 0 Å². The molecule has 1 aromatic heterocycles. The van der Waals surface area contributed by atoms with Gasteiger partial charge in [-0.1, -0.05) is 6.07 Å². The molecule has 27 heavy (non-hydrogen) atoms. The maximum Gasteiger partial charge on any atom is 0.338 e. The number of carbonyl (C=O) groups is 2. The highest BCUT2D eigenvalue weighted by Gasteiger charge is 2.20. The summed E-state index contributed by atoms with van der Waals surface area (Å²) in [5.41, 5.74) is 0.161. The molecular formula is C18H21NO6S2. The van der Waals surface area contributed by atoms with Crippen molar-refractivity contribution in [1.29, 1.82) is 0 Å². The monoisotopic (exact) mass is 411 g/mol. The summed E-state index contributed by atoms with van der Waals surface area (Å²) in [4.78, 5) is 24.5. The summed E-state index contributed by atoms with van der Waals surface area (Å²) in [6.07, 6.45) is -0.731. The average Bonchev–Trinajstić information content (AvgIpc) is 3.08. The Hall–Kier alpha value is -2.39. The van der Waals surface area contributed by atoms with Crippen LogP contribution < -0.4 is 4.72 Å². The van der Waals surface area contributed by atoms with Crippen molar-refractivity contribution in [2.45, 2.75) is 44.1 Å². The minimum atomic E-state index is -3.84. The second-order valence-corrected chi connectivity index (χ2v) is 9.10. The first-order valence-corrected chi connectivity index (χ1v) is 10.6. The Labute approximate surface area is 162 Å². The lowest BCUT2D eigenvalue weighted by Gasteiger charge is -2.13. The summed E-state index contributed by atoms with van der Waals surface area (Å²) in [5.74, 6) is -1.33. The molecule has 9 heteroatoms. The van der Waals surface area contributed by atoms with Gasteiger partial charge in [0, 0.05) is 0 Å². The standard InChI is InChI=1S/C18H21NO6S2/c1-11(2)24-17(20)13-8-14(18(21)25-12(3)4)10-15(9-13)19-27(22,23)16-6-5-7-26-16/h5-12,19H,1-4H3. The van der Waals surface area contributed by atoms with Crippen LogP contribution in [0.2, 0.25) is 0 Å². The van der Waals surface area contributed by atoms with Crippen LogP contribution in [-0.2, 0) is 19.5 Å². The van der Waals surface area contributed by atoms with Gasteiger partial charge in [-0.2, -0.15) is 0 Å². The Kier molecular flexibility index (Phi) is 6.61. The van der Waals surface area contributed by atoms with E-state index >= 15 is 0 Å². The molecular weight excluding hydrogens is 390 g/mol. The third kappa shape index (κ3) is 5.80. The third-order valence-electron chi connectivity index (χ3n) is 3.10. The van der Waals surface area contributed by atoms with Gasteiger partial charge in [0.2, 0.25) is 0 Å². The number of carbonyl (C=O) groups excluding carboxylic acids is 2. The van der Waals surface area contributed by atoms with E-state index in [0.29, 0.717) is 0 Å². The van der Waals surface area contributed by atoms with Crippen molar-refractivity contribution in [1.82, 2.24) is 0 Å².